The van der Waals surface area contributed by atoms with E-state index >= 15 is 0 Å². The van der Waals surface area contributed by atoms with Gasteiger partial charge in [-0.25, -0.2) is 0 Å². The third-order valence-electron chi connectivity index (χ3n) is 3.72. The van der Waals surface area contributed by atoms with Crippen molar-refractivity contribution in [2.75, 3.05) is 24.2 Å². The van der Waals surface area contributed by atoms with Crippen molar-refractivity contribution in [3.63, 3.8) is 0 Å². The highest BCUT2D eigenvalue weighted by Crippen LogP contribution is 2.30. The number of rotatable bonds is 3. The van der Waals surface area contributed by atoms with Crippen molar-refractivity contribution >= 4 is 23.2 Å². The lowest BCUT2D eigenvalue weighted by molar-refractivity contribution is -0.136. The van der Waals surface area contributed by atoms with Gasteiger partial charge in [0.1, 0.15) is 12.7 Å². The summed E-state index contributed by atoms with van der Waals surface area (Å²) in [4.78, 5) is 23.9. The van der Waals surface area contributed by atoms with Crippen molar-refractivity contribution in [2.24, 2.45) is 0 Å². The van der Waals surface area contributed by atoms with E-state index in [0.29, 0.717) is 29.5 Å². The smallest absolute Gasteiger partial charge is 0.313 e. The Kier molecular flexibility index (Phi) is 4.74. The topological polar surface area (TPSA) is 103 Å². The Labute approximate surface area is 145 Å². The standard InChI is InChI=1S/C18H19N3O4/c1-11-6-7-14(13(19)8-11)21-18(23)17(22)20-9-12-10-24-15-4-2-3-5-16(15)25-12/h2-8,12H,9-10,19H2,1H3,(H,20,22)(H,21,23). The fourth-order valence-corrected chi connectivity index (χ4v) is 2.43. The summed E-state index contributed by atoms with van der Waals surface area (Å²) in [7, 11) is 0. The summed E-state index contributed by atoms with van der Waals surface area (Å²) in [5.41, 5.74) is 7.59. The molecule has 1 aliphatic heterocycles. The van der Waals surface area contributed by atoms with Gasteiger partial charge in [-0.3, -0.25) is 9.59 Å². The predicted octanol–water partition coefficient (Wildman–Crippen LogP) is 1.47. The van der Waals surface area contributed by atoms with E-state index in [2.05, 4.69) is 10.6 Å². The molecule has 1 aliphatic rings. The van der Waals surface area contributed by atoms with Gasteiger partial charge in [0.2, 0.25) is 0 Å². The molecule has 1 unspecified atom stereocenters. The number of aryl methyl sites for hydroxylation is 1. The van der Waals surface area contributed by atoms with Crippen molar-refractivity contribution < 1.29 is 19.1 Å². The molecule has 0 bridgehead atoms. The summed E-state index contributed by atoms with van der Waals surface area (Å²) in [6.45, 7) is 2.34. The predicted molar refractivity (Wildman–Crippen MR) is 93.6 cm³/mol. The number of nitrogens with one attached hydrogen (secondary N) is 2. The number of hydrogen-bond acceptors (Lipinski definition) is 5. The largest absolute Gasteiger partial charge is 0.486 e. The molecule has 1 heterocycles. The van der Waals surface area contributed by atoms with Gasteiger partial charge in [0.05, 0.1) is 17.9 Å². The van der Waals surface area contributed by atoms with Crippen LogP contribution in [0.15, 0.2) is 42.5 Å². The van der Waals surface area contributed by atoms with Crippen LogP contribution in [0.1, 0.15) is 5.56 Å². The SMILES string of the molecule is Cc1ccc(NC(=O)C(=O)NCC2COc3ccccc3O2)c(N)c1. The molecule has 2 aromatic carbocycles. The number of hydrogen-bond donors (Lipinski definition) is 3. The summed E-state index contributed by atoms with van der Waals surface area (Å²) in [5, 5.41) is 5.03. The van der Waals surface area contributed by atoms with Gasteiger partial charge >= 0.3 is 11.8 Å². The maximum absolute atomic E-state index is 12.0. The number of para-hydroxylation sites is 2. The zero-order chi connectivity index (χ0) is 17.8. The molecule has 0 saturated carbocycles. The van der Waals surface area contributed by atoms with Gasteiger partial charge in [0.25, 0.3) is 0 Å². The first-order chi connectivity index (χ1) is 12.0. The average Bonchev–Trinajstić information content (AvgIpc) is 2.61. The summed E-state index contributed by atoms with van der Waals surface area (Å²) >= 11 is 0. The Morgan fingerprint density at radius 2 is 1.92 bits per heavy atom. The third kappa shape index (κ3) is 4.00. The normalized spacial score (nSPS) is 15.3. The Hall–Kier alpha value is -3.22. The highest BCUT2D eigenvalue weighted by atomic mass is 16.6. The number of nitrogens with two attached hydrogens (primary N) is 1. The molecule has 0 aliphatic carbocycles. The highest BCUT2D eigenvalue weighted by molar-refractivity contribution is 6.39. The van der Waals surface area contributed by atoms with Gasteiger partial charge in [-0.05, 0) is 36.8 Å². The number of anilines is 2. The third-order valence-corrected chi connectivity index (χ3v) is 3.72. The van der Waals surface area contributed by atoms with Gasteiger partial charge in [0, 0.05) is 0 Å². The number of carbonyl (C=O) groups is 2. The second-order valence-corrected chi connectivity index (χ2v) is 5.75. The molecule has 0 aromatic heterocycles. The minimum absolute atomic E-state index is 0.157. The van der Waals surface area contributed by atoms with Crippen LogP contribution in [-0.2, 0) is 9.59 Å². The first-order valence-corrected chi connectivity index (χ1v) is 7.86. The van der Waals surface area contributed by atoms with Crippen LogP contribution in [0.2, 0.25) is 0 Å². The van der Waals surface area contributed by atoms with Gasteiger partial charge < -0.3 is 25.8 Å². The molecule has 1 atom stereocenters. The fraction of sp³-hybridized carbons (Fsp3) is 0.222. The van der Waals surface area contributed by atoms with Crippen LogP contribution in [0.4, 0.5) is 11.4 Å². The lowest BCUT2D eigenvalue weighted by Gasteiger charge is -2.26. The molecule has 7 nitrogen and oxygen atoms in total. The van der Waals surface area contributed by atoms with Crippen LogP contribution >= 0.6 is 0 Å². The van der Waals surface area contributed by atoms with Crippen LogP contribution < -0.4 is 25.8 Å². The van der Waals surface area contributed by atoms with Crippen molar-refractivity contribution in [2.45, 2.75) is 13.0 Å². The molecule has 130 valence electrons. The molecule has 2 aromatic rings. The number of carbonyl (C=O) groups excluding carboxylic acids is 2. The number of fused-ring (bicyclic) bond motifs is 1. The monoisotopic (exact) mass is 341 g/mol. The molecule has 0 fully saturated rings. The molecule has 0 saturated heterocycles. The lowest BCUT2D eigenvalue weighted by Crippen LogP contribution is -2.44. The van der Waals surface area contributed by atoms with E-state index in [9.17, 15) is 9.59 Å². The quantitative estimate of drug-likeness (QED) is 0.579. The minimum Gasteiger partial charge on any atom is -0.486 e. The van der Waals surface area contributed by atoms with E-state index in [1.54, 1.807) is 24.3 Å². The number of ether oxygens (including phenoxy) is 2. The zero-order valence-electron chi connectivity index (χ0n) is 13.7. The first kappa shape index (κ1) is 16.6. The van der Waals surface area contributed by atoms with E-state index in [-0.39, 0.29) is 12.6 Å². The Morgan fingerprint density at radius 1 is 1.16 bits per heavy atom. The molecular formula is C18H19N3O4. The minimum atomic E-state index is -0.785. The van der Waals surface area contributed by atoms with Gasteiger partial charge in [-0.15, -0.1) is 0 Å². The molecule has 25 heavy (non-hydrogen) atoms. The van der Waals surface area contributed by atoms with Crippen LogP contribution in [0.5, 0.6) is 11.5 Å². The maximum Gasteiger partial charge on any atom is 0.313 e. The molecular weight excluding hydrogens is 322 g/mol. The molecule has 0 spiro atoms. The summed E-state index contributed by atoms with van der Waals surface area (Å²) in [5.74, 6) is -0.266. The number of amides is 2. The second kappa shape index (κ2) is 7.12. The van der Waals surface area contributed by atoms with Crippen molar-refractivity contribution in [1.29, 1.82) is 0 Å². The summed E-state index contributed by atoms with van der Waals surface area (Å²) < 4.78 is 11.3. The van der Waals surface area contributed by atoms with Crippen LogP contribution in [0.25, 0.3) is 0 Å². The van der Waals surface area contributed by atoms with Gasteiger partial charge in [0.15, 0.2) is 11.5 Å². The van der Waals surface area contributed by atoms with Crippen molar-refractivity contribution in [1.82, 2.24) is 5.32 Å². The van der Waals surface area contributed by atoms with Crippen LogP contribution in [0.3, 0.4) is 0 Å². The zero-order valence-corrected chi connectivity index (χ0v) is 13.7. The average molecular weight is 341 g/mol. The van der Waals surface area contributed by atoms with E-state index in [1.807, 2.05) is 25.1 Å². The highest BCUT2D eigenvalue weighted by Gasteiger charge is 2.22. The number of nitrogen functional groups attached to an aromatic ring is 1. The Balaban J connectivity index is 1.52. The molecule has 0 radical (unpaired) electrons. The summed E-state index contributed by atoms with van der Waals surface area (Å²) in [6.07, 6.45) is -0.365. The lowest BCUT2D eigenvalue weighted by atomic mass is 10.2. The fourth-order valence-electron chi connectivity index (χ4n) is 2.43. The van der Waals surface area contributed by atoms with Crippen molar-refractivity contribution in [3.05, 3.63) is 48.0 Å². The van der Waals surface area contributed by atoms with Crippen molar-refractivity contribution in [3.8, 4) is 11.5 Å². The summed E-state index contributed by atoms with van der Waals surface area (Å²) in [6, 6.07) is 12.5. The molecule has 3 rings (SSSR count). The van der Waals surface area contributed by atoms with E-state index in [0.717, 1.165) is 5.56 Å². The van der Waals surface area contributed by atoms with E-state index < -0.39 is 11.8 Å². The van der Waals surface area contributed by atoms with E-state index in [1.165, 1.54) is 0 Å². The van der Waals surface area contributed by atoms with Gasteiger partial charge in [-0.2, -0.15) is 0 Å². The first-order valence-electron chi connectivity index (χ1n) is 7.86. The number of benzene rings is 2. The molecule has 4 N–H and O–H groups in total. The Morgan fingerprint density at radius 3 is 2.68 bits per heavy atom. The molecule has 2 amide bonds. The van der Waals surface area contributed by atoms with Gasteiger partial charge in [-0.1, -0.05) is 18.2 Å². The second-order valence-electron chi connectivity index (χ2n) is 5.75. The molecule has 7 heteroatoms. The van der Waals surface area contributed by atoms with E-state index in [4.69, 9.17) is 15.2 Å². The Bertz CT molecular complexity index is 807. The maximum atomic E-state index is 12.0. The van der Waals surface area contributed by atoms with Crippen LogP contribution in [-0.4, -0.2) is 31.1 Å². The van der Waals surface area contributed by atoms with Crippen LogP contribution in [0, 0.1) is 6.92 Å².